The SMILES string of the molecule is COC1=C(C)CC=C(Cc2cnc(N3CCC(O)C3)nc2)C=C1c1cccc(Cl)c1. The van der Waals surface area contributed by atoms with Gasteiger partial charge in [-0.3, -0.25) is 0 Å². The maximum absolute atomic E-state index is 9.72. The lowest BCUT2D eigenvalue weighted by molar-refractivity contribution is 0.198. The first-order chi connectivity index (χ1) is 14.5. The number of halogens is 1. The van der Waals surface area contributed by atoms with Crippen LogP contribution < -0.4 is 4.90 Å². The highest BCUT2D eigenvalue weighted by Crippen LogP contribution is 2.33. The Bertz CT molecular complexity index is 1010. The fourth-order valence-corrected chi connectivity index (χ4v) is 4.15. The third-order valence-electron chi connectivity index (χ3n) is 5.52. The van der Waals surface area contributed by atoms with Gasteiger partial charge in [0.15, 0.2) is 0 Å². The molecule has 1 fully saturated rings. The van der Waals surface area contributed by atoms with Gasteiger partial charge in [-0.1, -0.05) is 29.8 Å². The number of benzene rings is 1. The van der Waals surface area contributed by atoms with Crippen LogP contribution in [0.15, 0.2) is 65.7 Å². The lowest BCUT2D eigenvalue weighted by atomic mass is 9.99. The third-order valence-corrected chi connectivity index (χ3v) is 5.75. The maximum Gasteiger partial charge on any atom is 0.225 e. The van der Waals surface area contributed by atoms with E-state index in [0.717, 1.165) is 48.3 Å². The number of rotatable bonds is 5. The van der Waals surface area contributed by atoms with Crippen molar-refractivity contribution in [3.05, 3.63) is 81.9 Å². The molecule has 2 aromatic rings. The molecule has 30 heavy (non-hydrogen) atoms. The average molecular weight is 424 g/mol. The van der Waals surface area contributed by atoms with Gasteiger partial charge in [0.2, 0.25) is 5.95 Å². The summed E-state index contributed by atoms with van der Waals surface area (Å²) in [5.41, 5.74) is 5.47. The van der Waals surface area contributed by atoms with Crippen molar-refractivity contribution in [3.8, 4) is 0 Å². The van der Waals surface area contributed by atoms with E-state index in [4.69, 9.17) is 16.3 Å². The topological polar surface area (TPSA) is 58.5 Å². The molecule has 1 aromatic heterocycles. The monoisotopic (exact) mass is 423 g/mol. The van der Waals surface area contributed by atoms with E-state index in [0.29, 0.717) is 17.5 Å². The van der Waals surface area contributed by atoms with Gasteiger partial charge in [0, 0.05) is 42.5 Å². The van der Waals surface area contributed by atoms with Crippen LogP contribution in [0.4, 0.5) is 5.95 Å². The van der Waals surface area contributed by atoms with Gasteiger partial charge in [0.1, 0.15) is 5.76 Å². The maximum atomic E-state index is 9.72. The number of β-amino-alcohol motifs (C(OH)–C–C–N with tert-alkyl or cyclic N) is 1. The minimum atomic E-state index is -0.287. The van der Waals surface area contributed by atoms with Crippen LogP contribution in [-0.2, 0) is 11.2 Å². The summed E-state index contributed by atoms with van der Waals surface area (Å²) >= 11 is 6.24. The zero-order valence-electron chi connectivity index (χ0n) is 17.3. The number of ether oxygens (including phenoxy) is 1. The molecular formula is C24H26ClN3O2. The molecule has 5 nitrogen and oxygen atoms in total. The zero-order chi connectivity index (χ0) is 21.1. The van der Waals surface area contributed by atoms with E-state index < -0.39 is 0 Å². The van der Waals surface area contributed by atoms with E-state index in [2.05, 4.69) is 35.1 Å². The number of aromatic nitrogens is 2. The van der Waals surface area contributed by atoms with Crippen LogP contribution in [0.5, 0.6) is 0 Å². The van der Waals surface area contributed by atoms with Crippen LogP contribution in [0.3, 0.4) is 0 Å². The van der Waals surface area contributed by atoms with Crippen LogP contribution in [-0.4, -0.2) is 41.4 Å². The van der Waals surface area contributed by atoms with E-state index >= 15 is 0 Å². The molecular weight excluding hydrogens is 398 g/mol. The molecule has 0 saturated carbocycles. The largest absolute Gasteiger partial charge is 0.496 e. The summed E-state index contributed by atoms with van der Waals surface area (Å²) in [6.45, 7) is 3.49. The molecule has 1 aliphatic carbocycles. The Morgan fingerprint density at radius 3 is 2.73 bits per heavy atom. The van der Waals surface area contributed by atoms with Crippen molar-refractivity contribution in [2.75, 3.05) is 25.1 Å². The number of allylic oxidation sites excluding steroid dienone is 5. The van der Waals surface area contributed by atoms with Crippen LogP contribution in [0.25, 0.3) is 5.57 Å². The number of methoxy groups -OCH3 is 1. The Hall–Kier alpha value is -2.63. The molecule has 1 saturated heterocycles. The predicted octanol–water partition coefficient (Wildman–Crippen LogP) is 4.58. The van der Waals surface area contributed by atoms with Gasteiger partial charge in [-0.15, -0.1) is 0 Å². The Labute approximate surface area is 182 Å². The summed E-state index contributed by atoms with van der Waals surface area (Å²) in [5.74, 6) is 1.57. The first kappa shape index (κ1) is 20.6. The second kappa shape index (κ2) is 9.02. The molecule has 1 atom stereocenters. The number of hydrogen-bond donors (Lipinski definition) is 1. The molecule has 2 aliphatic rings. The van der Waals surface area contributed by atoms with Gasteiger partial charge in [-0.05, 0) is 60.2 Å². The summed E-state index contributed by atoms with van der Waals surface area (Å²) in [5, 5.41) is 10.4. The molecule has 1 unspecified atom stereocenters. The van der Waals surface area contributed by atoms with Gasteiger partial charge >= 0.3 is 0 Å². The third kappa shape index (κ3) is 4.58. The first-order valence-electron chi connectivity index (χ1n) is 10.2. The van der Waals surface area contributed by atoms with Crippen molar-refractivity contribution in [1.29, 1.82) is 0 Å². The number of aliphatic hydroxyl groups excluding tert-OH is 1. The molecule has 0 radical (unpaired) electrons. The van der Waals surface area contributed by atoms with E-state index in [1.165, 1.54) is 11.1 Å². The van der Waals surface area contributed by atoms with Crippen LogP contribution in [0.1, 0.15) is 30.9 Å². The quantitative estimate of drug-likeness (QED) is 0.762. The molecule has 156 valence electrons. The Morgan fingerprint density at radius 1 is 1.27 bits per heavy atom. The van der Waals surface area contributed by atoms with Gasteiger partial charge in [-0.25, -0.2) is 9.97 Å². The van der Waals surface area contributed by atoms with Gasteiger partial charge in [0.25, 0.3) is 0 Å². The molecule has 0 amide bonds. The average Bonchev–Trinajstić information content (AvgIpc) is 3.11. The molecule has 4 rings (SSSR count). The van der Waals surface area contributed by atoms with Crippen LogP contribution in [0, 0.1) is 0 Å². The van der Waals surface area contributed by atoms with Crippen molar-refractivity contribution < 1.29 is 9.84 Å². The molecule has 6 heteroatoms. The van der Waals surface area contributed by atoms with Gasteiger partial charge < -0.3 is 14.7 Å². The Morgan fingerprint density at radius 2 is 2.07 bits per heavy atom. The molecule has 1 N–H and O–H groups in total. The Balaban J connectivity index is 1.58. The van der Waals surface area contributed by atoms with Crippen molar-refractivity contribution >= 4 is 23.1 Å². The fourth-order valence-electron chi connectivity index (χ4n) is 3.96. The second-order valence-corrected chi connectivity index (χ2v) is 8.26. The molecule has 1 aromatic carbocycles. The molecule has 1 aliphatic heterocycles. The van der Waals surface area contributed by atoms with E-state index in [9.17, 15) is 5.11 Å². The lowest BCUT2D eigenvalue weighted by Crippen LogP contribution is -2.23. The smallest absolute Gasteiger partial charge is 0.225 e. The number of nitrogens with zero attached hydrogens (tertiary/aromatic N) is 3. The van der Waals surface area contributed by atoms with Crippen molar-refractivity contribution in [3.63, 3.8) is 0 Å². The second-order valence-electron chi connectivity index (χ2n) is 7.82. The number of anilines is 1. The van der Waals surface area contributed by atoms with Gasteiger partial charge in [0.05, 0.1) is 13.2 Å². The predicted molar refractivity (Wildman–Crippen MR) is 120 cm³/mol. The van der Waals surface area contributed by atoms with Crippen molar-refractivity contribution in [2.45, 2.75) is 32.3 Å². The summed E-state index contributed by atoms with van der Waals surface area (Å²) in [7, 11) is 1.71. The van der Waals surface area contributed by atoms with E-state index in [1.54, 1.807) is 7.11 Å². The van der Waals surface area contributed by atoms with Crippen LogP contribution >= 0.6 is 11.6 Å². The fraction of sp³-hybridized carbons (Fsp3) is 0.333. The highest BCUT2D eigenvalue weighted by molar-refractivity contribution is 6.30. The minimum Gasteiger partial charge on any atom is -0.496 e. The highest BCUT2D eigenvalue weighted by Gasteiger charge is 2.22. The first-order valence-corrected chi connectivity index (χ1v) is 10.6. The zero-order valence-corrected chi connectivity index (χ0v) is 18.1. The lowest BCUT2D eigenvalue weighted by Gasteiger charge is -2.15. The van der Waals surface area contributed by atoms with Crippen molar-refractivity contribution in [1.82, 2.24) is 9.97 Å². The Kier molecular flexibility index (Phi) is 6.21. The van der Waals surface area contributed by atoms with Crippen molar-refractivity contribution in [2.24, 2.45) is 0 Å². The number of aliphatic hydroxyl groups is 1. The standard InChI is InChI=1S/C24H26ClN3O2/c1-16-6-7-17(11-22(23(16)30-2)19-4-3-5-20(25)12-19)10-18-13-26-24(27-14-18)28-9-8-21(29)15-28/h3-5,7,11-14,21,29H,6,8-10,15H2,1-2H3. The summed E-state index contributed by atoms with van der Waals surface area (Å²) < 4.78 is 5.75. The summed E-state index contributed by atoms with van der Waals surface area (Å²) in [6, 6.07) is 7.85. The molecule has 0 bridgehead atoms. The van der Waals surface area contributed by atoms with Crippen LogP contribution in [0.2, 0.25) is 5.02 Å². The normalized spacial score (nSPS) is 19.5. The summed E-state index contributed by atoms with van der Waals surface area (Å²) in [4.78, 5) is 11.1. The minimum absolute atomic E-state index is 0.287. The molecule has 2 heterocycles. The van der Waals surface area contributed by atoms with E-state index in [-0.39, 0.29) is 6.10 Å². The van der Waals surface area contributed by atoms with E-state index in [1.807, 2.05) is 35.5 Å². The molecule has 0 spiro atoms. The van der Waals surface area contributed by atoms with Gasteiger partial charge in [-0.2, -0.15) is 0 Å². The highest BCUT2D eigenvalue weighted by atomic mass is 35.5. The summed E-state index contributed by atoms with van der Waals surface area (Å²) in [6.07, 6.45) is 10.2. The number of hydrogen-bond acceptors (Lipinski definition) is 5.